The number of ether oxygens (including phenoxy) is 1. The second kappa shape index (κ2) is 7.36. The van der Waals surface area contributed by atoms with Crippen LogP contribution in [-0.4, -0.2) is 11.2 Å². The van der Waals surface area contributed by atoms with E-state index in [2.05, 4.69) is 0 Å². The van der Waals surface area contributed by atoms with Crippen molar-refractivity contribution >= 4 is 7.60 Å². The van der Waals surface area contributed by atoms with Gasteiger partial charge in [-0.3, -0.25) is 4.57 Å². The molecule has 2 aromatic carbocycles. The quantitative estimate of drug-likeness (QED) is 0.793. The molecule has 1 unspecified atom stereocenters. The summed E-state index contributed by atoms with van der Waals surface area (Å²) < 4.78 is 22.1. The maximum atomic E-state index is 11.8. The highest BCUT2D eigenvalue weighted by Gasteiger charge is 2.19. The molecule has 0 aromatic heterocycles. The van der Waals surface area contributed by atoms with Crippen molar-refractivity contribution in [3.05, 3.63) is 71.8 Å². The molecule has 0 fully saturated rings. The Bertz CT molecular complexity index is 557. The molecule has 2 rings (SSSR count). The molecule has 20 heavy (non-hydrogen) atoms. The lowest BCUT2D eigenvalue weighted by atomic mass is 10.2. The molecule has 0 amide bonds. The summed E-state index contributed by atoms with van der Waals surface area (Å²) >= 11 is 0. The van der Waals surface area contributed by atoms with Gasteiger partial charge in [-0.1, -0.05) is 60.7 Å². The lowest BCUT2D eigenvalue weighted by Gasteiger charge is -2.12. The van der Waals surface area contributed by atoms with Gasteiger partial charge in [-0.15, -0.1) is 0 Å². The minimum absolute atomic E-state index is 0.101. The summed E-state index contributed by atoms with van der Waals surface area (Å²) in [5.41, 5.74) is 1.81. The van der Waals surface area contributed by atoms with Crippen molar-refractivity contribution in [3.63, 3.8) is 0 Å². The predicted octanol–water partition coefficient (Wildman–Crippen LogP) is 3.56. The Labute approximate surface area is 118 Å². The van der Waals surface area contributed by atoms with Gasteiger partial charge in [0.15, 0.2) is 0 Å². The fourth-order valence-corrected chi connectivity index (χ4v) is 2.39. The van der Waals surface area contributed by atoms with Gasteiger partial charge in [0.2, 0.25) is 0 Å². The molecule has 0 heterocycles. The summed E-state index contributed by atoms with van der Waals surface area (Å²) in [6, 6.07) is 18.7. The third kappa shape index (κ3) is 5.27. The van der Waals surface area contributed by atoms with Crippen LogP contribution in [-0.2, 0) is 27.0 Å². The maximum absolute atomic E-state index is 11.8. The minimum Gasteiger partial charge on any atom is -0.364 e. The summed E-state index contributed by atoms with van der Waals surface area (Å²) in [5.74, 6) is 0. The van der Waals surface area contributed by atoms with Gasteiger partial charge in [-0.25, -0.2) is 0 Å². The van der Waals surface area contributed by atoms with Gasteiger partial charge in [-0.05, 0) is 11.1 Å². The highest BCUT2D eigenvalue weighted by Crippen LogP contribution is 2.42. The van der Waals surface area contributed by atoms with Crippen LogP contribution in [0.15, 0.2) is 60.7 Å². The molecule has 0 radical (unpaired) electrons. The summed E-state index contributed by atoms with van der Waals surface area (Å²) in [6.45, 7) is 0.392. The summed E-state index contributed by atoms with van der Waals surface area (Å²) in [6.07, 6.45) is -0.311. The Kier molecular flexibility index (Phi) is 5.50. The smallest absolute Gasteiger partial charge is 0.353 e. The molecule has 0 saturated heterocycles. The molecule has 0 saturated carbocycles. The molecule has 5 heteroatoms. The Morgan fingerprint density at radius 2 is 1.35 bits per heavy atom. The maximum Gasteiger partial charge on any atom is 0.353 e. The van der Waals surface area contributed by atoms with Crippen LogP contribution in [0.4, 0.5) is 0 Å². The van der Waals surface area contributed by atoms with Gasteiger partial charge in [0.25, 0.3) is 0 Å². The number of rotatable bonds is 7. The van der Waals surface area contributed by atoms with Crippen LogP contribution in [0.25, 0.3) is 0 Å². The molecule has 0 aliphatic carbocycles. The van der Waals surface area contributed by atoms with Crippen LogP contribution in [0, 0.1) is 0 Å². The average molecular weight is 292 g/mol. The molecule has 1 atom stereocenters. The SMILES string of the molecule is O=P(O)(COCc1ccccc1)OCc1ccccc1. The summed E-state index contributed by atoms with van der Waals surface area (Å²) in [7, 11) is -3.72. The molecule has 0 spiro atoms. The first-order valence-electron chi connectivity index (χ1n) is 6.28. The van der Waals surface area contributed by atoms with Gasteiger partial charge < -0.3 is 14.2 Å². The topological polar surface area (TPSA) is 55.8 Å². The van der Waals surface area contributed by atoms with Crippen LogP contribution < -0.4 is 0 Å². The second-order valence-electron chi connectivity index (χ2n) is 4.36. The zero-order valence-corrected chi connectivity index (χ0v) is 11.9. The summed E-state index contributed by atoms with van der Waals surface area (Å²) in [5, 5.41) is 0. The Balaban J connectivity index is 1.75. The third-order valence-corrected chi connectivity index (χ3v) is 3.68. The van der Waals surface area contributed by atoms with Gasteiger partial charge >= 0.3 is 7.60 Å². The zero-order chi connectivity index (χ0) is 14.3. The number of hydrogen-bond acceptors (Lipinski definition) is 3. The molecule has 1 N–H and O–H groups in total. The van der Waals surface area contributed by atoms with E-state index in [-0.39, 0.29) is 13.0 Å². The van der Waals surface area contributed by atoms with Crippen LogP contribution in [0.2, 0.25) is 0 Å². The Morgan fingerprint density at radius 3 is 1.90 bits per heavy atom. The van der Waals surface area contributed by atoms with Crippen molar-refractivity contribution in [1.82, 2.24) is 0 Å². The van der Waals surface area contributed by atoms with Gasteiger partial charge in [-0.2, -0.15) is 0 Å². The molecule has 0 aliphatic heterocycles. The van der Waals surface area contributed by atoms with E-state index < -0.39 is 7.60 Å². The summed E-state index contributed by atoms with van der Waals surface area (Å²) in [4.78, 5) is 9.66. The van der Waals surface area contributed by atoms with Crippen molar-refractivity contribution in [1.29, 1.82) is 0 Å². The molecule has 106 valence electrons. The Morgan fingerprint density at radius 1 is 0.850 bits per heavy atom. The zero-order valence-electron chi connectivity index (χ0n) is 11.0. The van der Waals surface area contributed by atoms with Gasteiger partial charge in [0, 0.05) is 0 Å². The Hall–Kier alpha value is -1.45. The fourth-order valence-electron chi connectivity index (χ4n) is 1.64. The van der Waals surface area contributed by atoms with Crippen molar-refractivity contribution < 1.29 is 18.7 Å². The highest BCUT2D eigenvalue weighted by atomic mass is 31.2. The van der Waals surface area contributed by atoms with E-state index in [4.69, 9.17) is 9.26 Å². The first-order chi connectivity index (χ1) is 9.66. The molecule has 2 aromatic rings. The highest BCUT2D eigenvalue weighted by molar-refractivity contribution is 7.52. The van der Waals surface area contributed by atoms with Crippen molar-refractivity contribution in [2.75, 3.05) is 6.35 Å². The normalized spacial score (nSPS) is 13.8. The van der Waals surface area contributed by atoms with Crippen LogP contribution in [0.5, 0.6) is 0 Å². The van der Waals surface area contributed by atoms with Gasteiger partial charge in [0.05, 0.1) is 13.2 Å². The van der Waals surface area contributed by atoms with Gasteiger partial charge in [0.1, 0.15) is 6.35 Å². The van der Waals surface area contributed by atoms with E-state index in [0.29, 0.717) is 6.61 Å². The van der Waals surface area contributed by atoms with E-state index in [1.54, 1.807) is 0 Å². The molecular weight excluding hydrogens is 275 g/mol. The molecule has 4 nitrogen and oxygen atoms in total. The van der Waals surface area contributed by atoms with Crippen LogP contribution >= 0.6 is 7.60 Å². The first-order valence-corrected chi connectivity index (χ1v) is 8.04. The first kappa shape index (κ1) is 14.9. The van der Waals surface area contributed by atoms with Crippen LogP contribution in [0.3, 0.4) is 0 Å². The average Bonchev–Trinajstić information content (AvgIpc) is 2.47. The van der Waals surface area contributed by atoms with E-state index in [9.17, 15) is 9.46 Å². The van der Waals surface area contributed by atoms with Crippen molar-refractivity contribution in [2.45, 2.75) is 13.2 Å². The lowest BCUT2D eigenvalue weighted by Crippen LogP contribution is -2.00. The molecule has 0 aliphatic rings. The second-order valence-corrected chi connectivity index (χ2v) is 6.15. The minimum atomic E-state index is -3.72. The van der Waals surface area contributed by atoms with E-state index in [1.165, 1.54) is 0 Å². The standard InChI is InChI=1S/C15H17O4P/c16-20(17,19-12-15-9-5-2-6-10-15)13-18-11-14-7-3-1-4-8-14/h1-10H,11-13H2,(H,16,17). The van der Waals surface area contributed by atoms with Crippen molar-refractivity contribution in [2.24, 2.45) is 0 Å². The predicted molar refractivity (Wildman–Crippen MR) is 77.2 cm³/mol. The molecular formula is C15H17O4P. The van der Waals surface area contributed by atoms with E-state index in [1.807, 2.05) is 60.7 Å². The lowest BCUT2D eigenvalue weighted by molar-refractivity contribution is 0.131. The van der Waals surface area contributed by atoms with Crippen LogP contribution in [0.1, 0.15) is 11.1 Å². The monoisotopic (exact) mass is 292 g/mol. The number of hydrogen-bond donors (Lipinski definition) is 1. The number of benzene rings is 2. The third-order valence-electron chi connectivity index (χ3n) is 2.64. The largest absolute Gasteiger partial charge is 0.364 e. The molecule has 0 bridgehead atoms. The van der Waals surface area contributed by atoms with Crippen molar-refractivity contribution in [3.8, 4) is 0 Å². The van der Waals surface area contributed by atoms with E-state index >= 15 is 0 Å². The fraction of sp³-hybridized carbons (Fsp3) is 0.200. The van der Waals surface area contributed by atoms with E-state index in [0.717, 1.165) is 11.1 Å².